The molecule has 1 nitrogen and oxygen atoms in total. The van der Waals surface area contributed by atoms with E-state index in [1.807, 2.05) is 0 Å². The van der Waals surface area contributed by atoms with Crippen molar-refractivity contribution in [2.45, 2.75) is 0 Å². The molecule has 0 aliphatic rings. The van der Waals surface area contributed by atoms with Crippen molar-refractivity contribution in [1.29, 1.82) is 0 Å². The number of hydrogen-bond acceptors (Lipinski definition) is 1. The van der Waals surface area contributed by atoms with Crippen LogP contribution in [0.2, 0.25) is 0 Å². The summed E-state index contributed by atoms with van der Waals surface area (Å²) in [6.45, 7) is 3.21. The molecule has 0 radical (unpaired) electrons. The van der Waals surface area contributed by atoms with Gasteiger partial charge in [0, 0.05) is 0 Å². The molecule has 0 unspecified atom stereocenters. The summed E-state index contributed by atoms with van der Waals surface area (Å²) in [5, 5.41) is 8.05. The van der Waals surface area contributed by atoms with Crippen LogP contribution in [0.4, 0.5) is 0 Å². The second-order valence-corrected chi connectivity index (χ2v) is 0.695. The summed E-state index contributed by atoms with van der Waals surface area (Å²) in [6, 6.07) is 0. The molecule has 0 heterocycles. The van der Waals surface area contributed by atoms with Gasteiger partial charge in [0.1, 0.15) is 0 Å². The zero-order valence-corrected chi connectivity index (χ0v) is 2.94. The van der Waals surface area contributed by atoms with Gasteiger partial charge in [-0.2, -0.15) is 0 Å². The summed E-state index contributed by atoms with van der Waals surface area (Å²) in [4.78, 5) is 0. The van der Waals surface area contributed by atoms with Gasteiger partial charge in [-0.25, -0.2) is 0 Å². The first-order valence-electron chi connectivity index (χ1n) is 1.27. The summed E-state index contributed by atoms with van der Waals surface area (Å²) >= 11 is 0. The SMILES string of the molecule is B=C(O)C=C. The van der Waals surface area contributed by atoms with Crippen LogP contribution in [0, 0.1) is 0 Å². The monoisotopic (exact) mass is 68.0 g/mol. The van der Waals surface area contributed by atoms with Crippen molar-refractivity contribution in [3.63, 3.8) is 0 Å². The Kier molecular flexibility index (Phi) is 1.58. The van der Waals surface area contributed by atoms with E-state index in [0.29, 0.717) is 0 Å². The maximum absolute atomic E-state index is 8.05. The molecule has 0 aromatic heterocycles. The predicted octanol–water partition coefficient (Wildman–Crippen LogP) is -0.424. The van der Waals surface area contributed by atoms with Gasteiger partial charge in [-0.05, 0) is 0 Å². The Bertz CT molecular complexity index is 57.9. The molecule has 0 aromatic rings. The predicted molar refractivity (Wildman–Crippen MR) is 24.3 cm³/mol. The average Bonchev–Trinajstić information content (AvgIpc) is 1.38. The Morgan fingerprint density at radius 1 is 2.00 bits per heavy atom. The minimum atomic E-state index is 0.0185. The molecule has 0 aliphatic carbocycles. The average molecular weight is 67.9 g/mol. The molecule has 0 bridgehead atoms. The molecule has 0 aromatic carbocycles. The molecule has 0 saturated carbocycles. The quantitative estimate of drug-likeness (QED) is 0.413. The summed E-state index contributed by atoms with van der Waals surface area (Å²) in [6.07, 6.45) is 1.28. The fourth-order valence-corrected chi connectivity index (χ4v) is 0. The van der Waals surface area contributed by atoms with Crippen LogP contribution in [-0.2, 0) is 0 Å². The van der Waals surface area contributed by atoms with E-state index in [2.05, 4.69) is 14.1 Å². The summed E-state index contributed by atoms with van der Waals surface area (Å²) in [7, 11) is 3.11. The second-order valence-electron chi connectivity index (χ2n) is 0.695. The molecule has 0 saturated heterocycles. The van der Waals surface area contributed by atoms with Gasteiger partial charge in [0.15, 0.2) is 0 Å². The molecule has 0 aliphatic heterocycles. The number of aliphatic hydroxyl groups excluding tert-OH is 1. The molecule has 0 amide bonds. The molecule has 0 fully saturated rings. The Hall–Kier alpha value is -0.525. The molecule has 0 rings (SSSR count). The van der Waals surface area contributed by atoms with Crippen molar-refractivity contribution in [2.75, 3.05) is 0 Å². The Labute approximate surface area is 32.0 Å². The van der Waals surface area contributed by atoms with Crippen LogP contribution in [-0.4, -0.2) is 18.2 Å². The fourth-order valence-electron chi connectivity index (χ4n) is 0. The van der Waals surface area contributed by atoms with E-state index in [1.54, 1.807) is 0 Å². The van der Waals surface area contributed by atoms with Crippen molar-refractivity contribution in [3.05, 3.63) is 12.7 Å². The van der Waals surface area contributed by atoms with Gasteiger partial charge in [-0.15, -0.1) is 0 Å². The minimum absolute atomic E-state index is 0.0185. The first kappa shape index (κ1) is 4.47. The fraction of sp³-hybridized carbons (Fsp3) is 0. The van der Waals surface area contributed by atoms with Gasteiger partial charge in [-0.3, -0.25) is 0 Å². The van der Waals surface area contributed by atoms with Gasteiger partial charge in [0.2, 0.25) is 0 Å². The van der Waals surface area contributed by atoms with E-state index in [1.165, 1.54) is 6.08 Å². The Balaban J connectivity index is 3.20. The Morgan fingerprint density at radius 2 is 2.20 bits per heavy atom. The van der Waals surface area contributed by atoms with Crippen LogP contribution >= 0.6 is 0 Å². The topological polar surface area (TPSA) is 20.2 Å². The number of rotatable bonds is 1. The van der Waals surface area contributed by atoms with Crippen LogP contribution in [0.15, 0.2) is 12.7 Å². The molecule has 1 N–H and O–H groups in total. The van der Waals surface area contributed by atoms with Crippen LogP contribution in [0.25, 0.3) is 0 Å². The van der Waals surface area contributed by atoms with E-state index < -0.39 is 0 Å². The van der Waals surface area contributed by atoms with Crippen LogP contribution in [0.3, 0.4) is 0 Å². The normalized spacial score (nSPS) is 6.20. The van der Waals surface area contributed by atoms with E-state index in [4.69, 9.17) is 5.11 Å². The standard InChI is InChI=1S/C3H5BO/c1-2-3(4)5/h2,4-5H,1H2. The van der Waals surface area contributed by atoms with Crippen molar-refractivity contribution < 1.29 is 5.11 Å². The molecular weight excluding hydrogens is 62.8 g/mol. The number of hydrogen-bond donors (Lipinski definition) is 1. The van der Waals surface area contributed by atoms with Crippen molar-refractivity contribution in [2.24, 2.45) is 0 Å². The maximum atomic E-state index is 8.05. The Morgan fingerprint density at radius 3 is 2.20 bits per heavy atom. The van der Waals surface area contributed by atoms with Crippen LogP contribution in [0.5, 0.6) is 0 Å². The summed E-state index contributed by atoms with van der Waals surface area (Å²) in [5.41, 5.74) is 0.0185. The molecular formula is C3H5BO. The van der Waals surface area contributed by atoms with Crippen LogP contribution < -0.4 is 0 Å². The first-order chi connectivity index (χ1) is 2.27. The molecule has 26 valence electrons. The molecule has 0 spiro atoms. The third kappa shape index (κ3) is 3.47. The molecule has 5 heavy (non-hydrogen) atoms. The van der Waals surface area contributed by atoms with E-state index in [9.17, 15) is 0 Å². The first-order valence-corrected chi connectivity index (χ1v) is 1.27. The van der Waals surface area contributed by atoms with E-state index in [-0.39, 0.29) is 5.65 Å². The van der Waals surface area contributed by atoms with E-state index >= 15 is 0 Å². The third-order valence-electron chi connectivity index (χ3n) is 0.236. The van der Waals surface area contributed by atoms with Crippen molar-refractivity contribution >= 4 is 13.1 Å². The zero-order valence-electron chi connectivity index (χ0n) is 2.94. The van der Waals surface area contributed by atoms with Gasteiger partial charge in [0.05, 0.1) is 0 Å². The summed E-state index contributed by atoms with van der Waals surface area (Å²) in [5.74, 6) is 0. The second kappa shape index (κ2) is 1.76. The van der Waals surface area contributed by atoms with E-state index in [0.717, 1.165) is 0 Å². The third-order valence-corrected chi connectivity index (χ3v) is 0.236. The van der Waals surface area contributed by atoms with Gasteiger partial charge >= 0.3 is 30.9 Å². The van der Waals surface area contributed by atoms with Gasteiger partial charge < -0.3 is 0 Å². The molecule has 0 atom stereocenters. The number of aliphatic hydroxyl groups is 1. The zero-order chi connectivity index (χ0) is 4.28. The van der Waals surface area contributed by atoms with Gasteiger partial charge in [-0.1, -0.05) is 0 Å². The van der Waals surface area contributed by atoms with Crippen LogP contribution in [0.1, 0.15) is 0 Å². The molecule has 2 heteroatoms. The summed E-state index contributed by atoms with van der Waals surface area (Å²) < 4.78 is 0. The van der Waals surface area contributed by atoms with Crippen molar-refractivity contribution in [1.82, 2.24) is 0 Å². The van der Waals surface area contributed by atoms with Gasteiger partial charge in [0.25, 0.3) is 0 Å². The van der Waals surface area contributed by atoms with Crippen molar-refractivity contribution in [3.8, 4) is 0 Å².